The molecule has 0 radical (unpaired) electrons. The number of aromatic nitrogens is 2. The molecule has 0 N–H and O–H groups in total. The first-order chi connectivity index (χ1) is 10.7. The van der Waals surface area contributed by atoms with Crippen LogP contribution in [-0.4, -0.2) is 9.55 Å². The number of halogens is 1. The molecule has 0 fully saturated rings. The van der Waals surface area contributed by atoms with Gasteiger partial charge >= 0.3 is 0 Å². The molecule has 2 heterocycles. The summed E-state index contributed by atoms with van der Waals surface area (Å²) in [4.78, 5) is 18.4. The van der Waals surface area contributed by atoms with Crippen LogP contribution in [0.3, 0.4) is 0 Å². The molecule has 1 aromatic carbocycles. The Kier molecular flexibility index (Phi) is 4.66. The Hall–Kier alpha value is -1.56. The molecule has 0 aliphatic rings. The molecule has 0 amide bonds. The molecule has 0 saturated carbocycles. The molecule has 0 unspecified atom stereocenters. The Labute approximate surface area is 141 Å². The second kappa shape index (κ2) is 6.69. The van der Waals surface area contributed by atoms with Crippen molar-refractivity contribution in [2.75, 3.05) is 0 Å². The monoisotopic (exact) mass is 348 g/mol. The number of thiophene rings is 1. The molecule has 6 heteroatoms. The minimum Gasteiger partial charge on any atom is -0.283 e. The molecule has 22 heavy (non-hydrogen) atoms. The number of hydrogen-bond donors (Lipinski definition) is 0. The zero-order valence-corrected chi connectivity index (χ0v) is 14.0. The van der Waals surface area contributed by atoms with Gasteiger partial charge in [0, 0.05) is 17.2 Å². The number of para-hydroxylation sites is 1. The summed E-state index contributed by atoms with van der Waals surface area (Å²) in [7, 11) is 0. The highest BCUT2D eigenvalue weighted by atomic mass is 35.5. The third kappa shape index (κ3) is 3.11. The summed E-state index contributed by atoms with van der Waals surface area (Å²) in [5, 5.41) is 1.33. The van der Waals surface area contributed by atoms with Crippen molar-refractivity contribution in [3.05, 3.63) is 68.6 Å². The zero-order chi connectivity index (χ0) is 15.5. The zero-order valence-electron chi connectivity index (χ0n) is 11.7. The van der Waals surface area contributed by atoms with Gasteiger partial charge < -0.3 is 0 Å². The van der Waals surface area contributed by atoms with Crippen LogP contribution in [0.4, 0.5) is 0 Å². The van der Waals surface area contributed by atoms with Crippen molar-refractivity contribution in [2.45, 2.75) is 17.5 Å². The van der Waals surface area contributed by atoms with Crippen LogP contribution >= 0.6 is 34.7 Å². The van der Waals surface area contributed by atoms with Gasteiger partial charge in [0.1, 0.15) is 0 Å². The topological polar surface area (TPSA) is 34.9 Å². The van der Waals surface area contributed by atoms with Crippen molar-refractivity contribution < 1.29 is 0 Å². The molecule has 0 saturated heterocycles. The number of allylic oxidation sites excluding steroid dienone is 1. The van der Waals surface area contributed by atoms with Crippen LogP contribution in [0.15, 0.2) is 59.0 Å². The van der Waals surface area contributed by atoms with E-state index in [1.54, 1.807) is 28.0 Å². The number of fused-ring (bicyclic) bond motifs is 1. The molecule has 2 aromatic heterocycles. The van der Waals surface area contributed by atoms with E-state index in [0.29, 0.717) is 17.1 Å². The van der Waals surface area contributed by atoms with Crippen LogP contribution in [0, 0.1) is 0 Å². The largest absolute Gasteiger partial charge is 0.283 e. The van der Waals surface area contributed by atoms with E-state index in [9.17, 15) is 4.79 Å². The SMILES string of the molecule is C=CCn1c(SCc2ccc(Cl)s2)nc2ccccc2c1=O. The van der Waals surface area contributed by atoms with Crippen molar-refractivity contribution in [1.82, 2.24) is 9.55 Å². The smallest absolute Gasteiger partial charge is 0.262 e. The Morgan fingerprint density at radius 3 is 2.86 bits per heavy atom. The summed E-state index contributed by atoms with van der Waals surface area (Å²) in [6.45, 7) is 4.18. The van der Waals surface area contributed by atoms with Gasteiger partial charge in [-0.25, -0.2) is 4.98 Å². The maximum atomic E-state index is 12.6. The average Bonchev–Trinajstić information content (AvgIpc) is 2.94. The fourth-order valence-electron chi connectivity index (χ4n) is 2.11. The highest BCUT2D eigenvalue weighted by molar-refractivity contribution is 7.98. The lowest BCUT2D eigenvalue weighted by Gasteiger charge is -2.10. The van der Waals surface area contributed by atoms with Gasteiger partial charge in [0.2, 0.25) is 0 Å². The Bertz CT molecular complexity index is 885. The lowest BCUT2D eigenvalue weighted by Crippen LogP contribution is -2.22. The summed E-state index contributed by atoms with van der Waals surface area (Å²) in [6, 6.07) is 11.3. The fourth-order valence-corrected chi connectivity index (χ4v) is 4.25. The molecule has 0 bridgehead atoms. The quantitative estimate of drug-likeness (QED) is 0.384. The first kappa shape index (κ1) is 15.3. The normalized spacial score (nSPS) is 11.0. The van der Waals surface area contributed by atoms with E-state index in [4.69, 9.17) is 11.6 Å². The summed E-state index contributed by atoms with van der Waals surface area (Å²) in [5.41, 5.74) is 0.691. The van der Waals surface area contributed by atoms with Gasteiger partial charge in [0.25, 0.3) is 5.56 Å². The number of hydrogen-bond acceptors (Lipinski definition) is 4. The molecular weight excluding hydrogens is 336 g/mol. The Balaban J connectivity index is 2.01. The lowest BCUT2D eigenvalue weighted by atomic mass is 10.2. The maximum absolute atomic E-state index is 12.6. The number of rotatable bonds is 5. The third-order valence-electron chi connectivity index (χ3n) is 3.11. The minimum atomic E-state index is -0.0304. The van der Waals surface area contributed by atoms with E-state index in [2.05, 4.69) is 11.6 Å². The minimum absolute atomic E-state index is 0.0304. The van der Waals surface area contributed by atoms with Gasteiger partial charge in [-0.2, -0.15) is 0 Å². The van der Waals surface area contributed by atoms with Crippen molar-refractivity contribution in [1.29, 1.82) is 0 Å². The van der Waals surface area contributed by atoms with E-state index in [0.717, 1.165) is 20.5 Å². The second-order valence-electron chi connectivity index (χ2n) is 4.61. The van der Waals surface area contributed by atoms with Gasteiger partial charge in [-0.15, -0.1) is 17.9 Å². The van der Waals surface area contributed by atoms with Gasteiger partial charge in [-0.05, 0) is 24.3 Å². The van der Waals surface area contributed by atoms with Crippen LogP contribution in [0.2, 0.25) is 4.34 Å². The van der Waals surface area contributed by atoms with Gasteiger partial charge in [-0.3, -0.25) is 9.36 Å². The van der Waals surface area contributed by atoms with Gasteiger partial charge in [0.15, 0.2) is 5.16 Å². The maximum Gasteiger partial charge on any atom is 0.262 e. The summed E-state index contributed by atoms with van der Waals surface area (Å²) < 4.78 is 2.43. The fraction of sp³-hybridized carbons (Fsp3) is 0.125. The van der Waals surface area contributed by atoms with Crippen LogP contribution in [0.5, 0.6) is 0 Å². The Morgan fingerprint density at radius 2 is 2.14 bits per heavy atom. The second-order valence-corrected chi connectivity index (χ2v) is 7.35. The molecule has 0 aliphatic carbocycles. The molecule has 0 aliphatic heterocycles. The van der Waals surface area contributed by atoms with Crippen molar-refractivity contribution in [2.24, 2.45) is 0 Å². The molecule has 0 spiro atoms. The lowest BCUT2D eigenvalue weighted by molar-refractivity contribution is 0.671. The summed E-state index contributed by atoms with van der Waals surface area (Å²) in [5.74, 6) is 0.735. The molecule has 112 valence electrons. The van der Waals surface area contributed by atoms with Crippen molar-refractivity contribution >= 4 is 45.6 Å². The highest BCUT2D eigenvalue weighted by Gasteiger charge is 2.11. The third-order valence-corrected chi connectivity index (χ3v) is 5.55. The predicted octanol–water partition coefficient (Wildman–Crippen LogP) is 4.59. The van der Waals surface area contributed by atoms with Crippen molar-refractivity contribution in [3.8, 4) is 0 Å². The van der Waals surface area contributed by atoms with Crippen LogP contribution in [0.1, 0.15) is 4.88 Å². The molecule has 3 rings (SSSR count). The number of thioether (sulfide) groups is 1. The summed E-state index contributed by atoms with van der Waals surface area (Å²) in [6.07, 6.45) is 1.71. The average molecular weight is 349 g/mol. The van der Waals surface area contributed by atoms with E-state index >= 15 is 0 Å². The van der Waals surface area contributed by atoms with Crippen molar-refractivity contribution in [3.63, 3.8) is 0 Å². The van der Waals surface area contributed by atoms with E-state index in [1.807, 2.05) is 30.3 Å². The van der Waals surface area contributed by atoms with E-state index < -0.39 is 0 Å². The molecular formula is C16H13ClN2OS2. The van der Waals surface area contributed by atoms with Crippen LogP contribution < -0.4 is 5.56 Å². The number of nitrogens with zero attached hydrogens (tertiary/aromatic N) is 2. The van der Waals surface area contributed by atoms with Gasteiger partial charge in [0.05, 0.1) is 15.2 Å². The first-order valence-electron chi connectivity index (χ1n) is 6.66. The predicted molar refractivity (Wildman–Crippen MR) is 95.1 cm³/mol. The molecule has 3 aromatic rings. The standard InChI is InChI=1S/C16H13ClN2OS2/c1-2-9-19-15(20)12-5-3-4-6-13(12)18-16(19)21-10-11-7-8-14(17)22-11/h2-8H,1,9-10H2. The highest BCUT2D eigenvalue weighted by Crippen LogP contribution is 2.28. The van der Waals surface area contributed by atoms with Crippen LogP contribution in [-0.2, 0) is 12.3 Å². The Morgan fingerprint density at radius 1 is 1.32 bits per heavy atom. The van der Waals surface area contributed by atoms with Crippen LogP contribution in [0.25, 0.3) is 10.9 Å². The van der Waals surface area contributed by atoms with E-state index in [-0.39, 0.29) is 5.56 Å². The van der Waals surface area contributed by atoms with E-state index in [1.165, 1.54) is 11.8 Å². The first-order valence-corrected chi connectivity index (χ1v) is 8.84. The van der Waals surface area contributed by atoms with Gasteiger partial charge in [-0.1, -0.05) is 41.6 Å². The number of benzene rings is 1. The molecule has 0 atom stereocenters. The summed E-state index contributed by atoms with van der Waals surface area (Å²) >= 11 is 9.03. The molecule has 3 nitrogen and oxygen atoms in total.